The number of fused-ring (bicyclic) bond motifs is 1. The van der Waals surface area contributed by atoms with Gasteiger partial charge in [0.25, 0.3) is 0 Å². The van der Waals surface area contributed by atoms with Crippen molar-refractivity contribution >= 4 is 38.3 Å². The van der Waals surface area contributed by atoms with Crippen LogP contribution in [-0.4, -0.2) is 14.7 Å². The van der Waals surface area contributed by atoms with Gasteiger partial charge in [-0.25, -0.2) is 8.42 Å². The lowest BCUT2D eigenvalue weighted by Crippen LogP contribution is -2.11. The minimum Gasteiger partial charge on any atom is -0.462 e. The molecule has 0 unspecified atom stereocenters. The molecule has 3 aromatic rings. The van der Waals surface area contributed by atoms with E-state index in [1.807, 2.05) is 6.07 Å². The van der Waals surface area contributed by atoms with Crippen molar-refractivity contribution in [3.8, 4) is 11.5 Å². The molecule has 124 valence electrons. The second-order valence-corrected chi connectivity index (χ2v) is 7.20. The molecular formula is C16H12ClNO5S. The topological polar surface area (TPSA) is 85.6 Å². The van der Waals surface area contributed by atoms with Crippen LogP contribution in [0.2, 0.25) is 5.02 Å². The molecule has 0 aliphatic heterocycles. The van der Waals surface area contributed by atoms with Gasteiger partial charge in [0.2, 0.25) is 15.5 Å². The Morgan fingerprint density at radius 3 is 2.54 bits per heavy atom. The van der Waals surface area contributed by atoms with Gasteiger partial charge in [-0.15, -0.1) is 0 Å². The highest BCUT2D eigenvalue weighted by Crippen LogP contribution is 2.34. The van der Waals surface area contributed by atoms with Crippen LogP contribution in [0.3, 0.4) is 0 Å². The van der Waals surface area contributed by atoms with E-state index >= 15 is 0 Å². The molecule has 0 aliphatic carbocycles. The summed E-state index contributed by atoms with van der Waals surface area (Å²) in [4.78, 5) is 12.1. The average Bonchev–Trinajstić information content (AvgIpc) is 2.52. The van der Waals surface area contributed by atoms with Crippen molar-refractivity contribution in [2.75, 3.05) is 11.0 Å². The van der Waals surface area contributed by atoms with Crippen LogP contribution in [0.25, 0.3) is 11.0 Å². The molecule has 24 heavy (non-hydrogen) atoms. The highest BCUT2D eigenvalue weighted by molar-refractivity contribution is 7.92. The first-order chi connectivity index (χ1) is 11.3. The van der Waals surface area contributed by atoms with Gasteiger partial charge in [0.1, 0.15) is 22.6 Å². The van der Waals surface area contributed by atoms with Crippen molar-refractivity contribution in [3.63, 3.8) is 0 Å². The first kappa shape index (κ1) is 16.4. The van der Waals surface area contributed by atoms with Crippen LogP contribution in [0.5, 0.6) is 11.5 Å². The fraction of sp³-hybridized carbons (Fsp3) is 0.0625. The number of benzene rings is 2. The Labute approximate surface area is 142 Å². The molecular weight excluding hydrogens is 354 g/mol. The van der Waals surface area contributed by atoms with Gasteiger partial charge in [0, 0.05) is 6.07 Å². The van der Waals surface area contributed by atoms with Crippen LogP contribution >= 0.6 is 11.6 Å². The normalized spacial score (nSPS) is 11.4. The molecule has 8 heteroatoms. The molecule has 0 aliphatic rings. The maximum atomic E-state index is 12.1. The lowest BCUT2D eigenvalue weighted by atomic mass is 10.2. The van der Waals surface area contributed by atoms with Crippen LogP contribution in [-0.2, 0) is 10.0 Å². The summed E-state index contributed by atoms with van der Waals surface area (Å²) >= 11 is 5.79. The highest BCUT2D eigenvalue weighted by Gasteiger charge is 2.15. The van der Waals surface area contributed by atoms with Crippen LogP contribution < -0.4 is 14.9 Å². The van der Waals surface area contributed by atoms with Gasteiger partial charge in [-0.3, -0.25) is 9.52 Å². The lowest BCUT2D eigenvalue weighted by molar-refractivity contribution is 0.485. The molecule has 6 nitrogen and oxygen atoms in total. The van der Waals surface area contributed by atoms with E-state index in [0.29, 0.717) is 5.75 Å². The van der Waals surface area contributed by atoms with Crippen molar-refractivity contribution in [1.82, 2.24) is 0 Å². The van der Waals surface area contributed by atoms with Crippen LogP contribution in [0.1, 0.15) is 0 Å². The van der Waals surface area contributed by atoms with Gasteiger partial charge in [0.05, 0.1) is 17.3 Å². The minimum atomic E-state index is -3.55. The van der Waals surface area contributed by atoms with Crippen LogP contribution in [0.4, 0.5) is 5.69 Å². The predicted octanol–water partition coefficient (Wildman–Crippen LogP) is 3.61. The Balaban J connectivity index is 2.20. The van der Waals surface area contributed by atoms with E-state index < -0.39 is 15.5 Å². The molecule has 0 spiro atoms. The first-order valence-corrected chi connectivity index (χ1v) is 9.06. The molecule has 0 bridgehead atoms. The minimum absolute atomic E-state index is 0.0722. The molecule has 1 heterocycles. The number of ether oxygens (including phenoxy) is 1. The largest absolute Gasteiger partial charge is 0.462 e. The molecule has 0 saturated carbocycles. The number of para-hydroxylation sites is 1. The average molecular weight is 366 g/mol. The van der Waals surface area contributed by atoms with Gasteiger partial charge in [-0.05, 0) is 18.2 Å². The predicted molar refractivity (Wildman–Crippen MR) is 92.5 cm³/mol. The van der Waals surface area contributed by atoms with Crippen molar-refractivity contribution < 1.29 is 17.6 Å². The van der Waals surface area contributed by atoms with E-state index in [-0.39, 0.29) is 27.4 Å². The summed E-state index contributed by atoms with van der Waals surface area (Å²) in [7, 11) is -3.55. The number of hydrogen-bond donors (Lipinski definition) is 1. The Hall–Kier alpha value is -2.51. The summed E-state index contributed by atoms with van der Waals surface area (Å²) in [6.45, 7) is 0. The summed E-state index contributed by atoms with van der Waals surface area (Å²) in [5.41, 5.74) is -0.0861. The summed E-state index contributed by atoms with van der Waals surface area (Å²) in [6, 6.07) is 11.5. The Morgan fingerprint density at radius 1 is 1.17 bits per heavy atom. The Morgan fingerprint density at radius 2 is 1.88 bits per heavy atom. The maximum Gasteiger partial charge on any atom is 0.229 e. The van der Waals surface area contributed by atoms with Gasteiger partial charge in [-0.1, -0.05) is 29.8 Å². The summed E-state index contributed by atoms with van der Waals surface area (Å²) in [5, 5.41) is 0.115. The van der Waals surface area contributed by atoms with E-state index in [0.717, 1.165) is 12.5 Å². The molecule has 0 atom stereocenters. The van der Waals surface area contributed by atoms with Gasteiger partial charge in [-0.2, -0.15) is 0 Å². The lowest BCUT2D eigenvalue weighted by Gasteiger charge is -2.13. The van der Waals surface area contributed by atoms with Gasteiger partial charge >= 0.3 is 0 Å². The summed E-state index contributed by atoms with van der Waals surface area (Å²) < 4.78 is 36.5. The molecule has 1 aromatic heterocycles. The van der Waals surface area contributed by atoms with Crippen molar-refractivity contribution in [3.05, 3.63) is 64.0 Å². The SMILES string of the molecule is CS(=O)(=O)Nc1cc2occ(Cl)c(=O)c2cc1Oc1ccccc1. The van der Waals surface area contributed by atoms with Crippen LogP contribution in [0, 0.1) is 0 Å². The Kier molecular flexibility index (Phi) is 4.21. The molecule has 0 fully saturated rings. The standard InChI is InChI=1S/C16H12ClNO5S/c1-24(20,21)18-13-8-14-11(16(19)12(17)9-22-14)7-15(13)23-10-5-3-2-4-6-10/h2-9,18H,1H3. The van der Waals surface area contributed by atoms with E-state index in [2.05, 4.69) is 4.72 Å². The van der Waals surface area contributed by atoms with Crippen LogP contribution in [0.15, 0.2) is 57.9 Å². The maximum absolute atomic E-state index is 12.1. The summed E-state index contributed by atoms with van der Waals surface area (Å²) in [5.74, 6) is 0.647. The number of halogens is 1. The number of sulfonamides is 1. The zero-order valence-corrected chi connectivity index (χ0v) is 14.0. The van der Waals surface area contributed by atoms with Crippen molar-refractivity contribution in [2.45, 2.75) is 0 Å². The second-order valence-electron chi connectivity index (χ2n) is 5.05. The third kappa shape index (κ3) is 3.52. The third-order valence-corrected chi connectivity index (χ3v) is 3.95. The molecule has 0 saturated heterocycles. The van der Waals surface area contributed by atoms with Crippen molar-refractivity contribution in [1.29, 1.82) is 0 Å². The molecule has 2 aromatic carbocycles. The van der Waals surface area contributed by atoms with E-state index in [1.165, 1.54) is 12.1 Å². The quantitative estimate of drug-likeness (QED) is 0.763. The summed E-state index contributed by atoms with van der Waals surface area (Å²) in [6.07, 6.45) is 2.12. The molecule has 0 radical (unpaired) electrons. The number of rotatable bonds is 4. The van der Waals surface area contributed by atoms with Gasteiger partial charge < -0.3 is 9.15 Å². The van der Waals surface area contributed by atoms with Crippen molar-refractivity contribution in [2.24, 2.45) is 0 Å². The van der Waals surface area contributed by atoms with Gasteiger partial charge in [0.15, 0.2) is 5.75 Å². The fourth-order valence-corrected chi connectivity index (χ4v) is 2.82. The number of nitrogens with one attached hydrogen (secondary N) is 1. The third-order valence-electron chi connectivity index (χ3n) is 3.10. The monoisotopic (exact) mass is 365 g/mol. The van der Waals surface area contributed by atoms with E-state index in [4.69, 9.17) is 20.8 Å². The van der Waals surface area contributed by atoms with E-state index in [1.54, 1.807) is 24.3 Å². The molecule has 3 rings (SSSR count). The zero-order valence-electron chi connectivity index (χ0n) is 12.4. The number of hydrogen-bond acceptors (Lipinski definition) is 5. The fourth-order valence-electron chi connectivity index (χ4n) is 2.11. The van der Waals surface area contributed by atoms with E-state index in [9.17, 15) is 13.2 Å². The molecule has 0 amide bonds. The molecule has 1 N–H and O–H groups in total. The zero-order chi connectivity index (χ0) is 17.3. The highest BCUT2D eigenvalue weighted by atomic mass is 35.5. The second kappa shape index (κ2) is 6.18. The first-order valence-electron chi connectivity index (χ1n) is 6.79. The Bertz CT molecular complexity index is 1060. The number of anilines is 1. The smallest absolute Gasteiger partial charge is 0.229 e.